The third kappa shape index (κ3) is 6.07. The average molecular weight is 349 g/mol. The number of benzene rings is 1. The number of likely N-dealkylation sites (tertiary alicyclic amines) is 1. The maximum absolute atomic E-state index is 11.8. The van der Waals surface area contributed by atoms with Crippen LogP contribution in [0.4, 0.5) is 0 Å². The highest BCUT2D eigenvalue weighted by atomic mass is 32.2. The third-order valence-corrected chi connectivity index (χ3v) is 4.89. The van der Waals surface area contributed by atoms with E-state index in [1.807, 2.05) is 29.7 Å². The maximum atomic E-state index is 11.8. The smallest absolute Gasteiger partial charge is 0.222 e. The molecule has 1 saturated heterocycles. The molecule has 1 aliphatic heterocycles. The Morgan fingerprint density at radius 1 is 1.33 bits per heavy atom. The summed E-state index contributed by atoms with van der Waals surface area (Å²) in [6.45, 7) is 7.20. The van der Waals surface area contributed by atoms with Crippen molar-refractivity contribution in [2.45, 2.75) is 37.6 Å². The molecule has 1 aromatic carbocycles. The van der Waals surface area contributed by atoms with Crippen molar-refractivity contribution in [3.05, 3.63) is 30.3 Å². The van der Waals surface area contributed by atoms with Crippen LogP contribution in [0.15, 0.2) is 40.2 Å². The SMILES string of the molecule is CCNC(=NCCSc1ccccc1)NC1CCN(C(=O)CC)C1. The Hall–Kier alpha value is -1.69. The molecule has 0 aliphatic carbocycles. The van der Waals surface area contributed by atoms with Gasteiger partial charge in [0.15, 0.2) is 5.96 Å². The number of amides is 1. The lowest BCUT2D eigenvalue weighted by atomic mass is 10.3. The van der Waals surface area contributed by atoms with Crippen molar-refractivity contribution in [2.24, 2.45) is 4.99 Å². The van der Waals surface area contributed by atoms with Gasteiger partial charge >= 0.3 is 0 Å². The second-order valence-corrected chi connectivity index (χ2v) is 6.91. The number of hydrogen-bond acceptors (Lipinski definition) is 3. The first-order valence-corrected chi connectivity index (χ1v) is 9.72. The molecule has 1 heterocycles. The van der Waals surface area contributed by atoms with Gasteiger partial charge in [-0.25, -0.2) is 0 Å². The van der Waals surface area contributed by atoms with Crippen LogP contribution in [0.5, 0.6) is 0 Å². The van der Waals surface area contributed by atoms with Crippen LogP contribution < -0.4 is 10.6 Å². The van der Waals surface area contributed by atoms with Gasteiger partial charge in [-0.1, -0.05) is 25.1 Å². The molecule has 6 heteroatoms. The van der Waals surface area contributed by atoms with Crippen molar-refractivity contribution in [1.29, 1.82) is 0 Å². The minimum absolute atomic E-state index is 0.237. The van der Waals surface area contributed by atoms with Gasteiger partial charge in [0.2, 0.25) is 5.91 Å². The van der Waals surface area contributed by atoms with E-state index >= 15 is 0 Å². The number of carbonyl (C=O) groups is 1. The topological polar surface area (TPSA) is 56.7 Å². The van der Waals surface area contributed by atoms with E-state index in [1.165, 1.54) is 4.90 Å². The summed E-state index contributed by atoms with van der Waals surface area (Å²) in [6.07, 6.45) is 1.56. The largest absolute Gasteiger partial charge is 0.357 e. The van der Waals surface area contributed by atoms with Gasteiger partial charge in [-0.2, -0.15) is 0 Å². The molecule has 1 aromatic rings. The van der Waals surface area contributed by atoms with Gasteiger partial charge in [-0.05, 0) is 25.5 Å². The normalized spacial score (nSPS) is 17.8. The number of hydrogen-bond donors (Lipinski definition) is 2. The summed E-state index contributed by atoms with van der Waals surface area (Å²) in [6, 6.07) is 10.7. The van der Waals surface area contributed by atoms with E-state index < -0.39 is 0 Å². The van der Waals surface area contributed by atoms with E-state index in [2.05, 4.69) is 46.8 Å². The molecular weight excluding hydrogens is 320 g/mol. The van der Waals surface area contributed by atoms with Gasteiger partial charge in [0, 0.05) is 42.7 Å². The van der Waals surface area contributed by atoms with Gasteiger partial charge in [-0.3, -0.25) is 9.79 Å². The number of rotatable bonds is 7. The first-order valence-electron chi connectivity index (χ1n) is 8.73. The highest BCUT2D eigenvalue weighted by Crippen LogP contribution is 2.16. The summed E-state index contributed by atoms with van der Waals surface area (Å²) in [5.41, 5.74) is 0. The first kappa shape index (κ1) is 18.6. The van der Waals surface area contributed by atoms with Crippen molar-refractivity contribution in [3.8, 4) is 0 Å². The molecule has 0 spiro atoms. The number of guanidine groups is 1. The fourth-order valence-electron chi connectivity index (χ4n) is 2.68. The molecule has 0 radical (unpaired) electrons. The molecule has 0 aromatic heterocycles. The predicted molar refractivity (Wildman–Crippen MR) is 102 cm³/mol. The van der Waals surface area contributed by atoms with E-state index in [-0.39, 0.29) is 5.91 Å². The maximum Gasteiger partial charge on any atom is 0.222 e. The quantitative estimate of drug-likeness (QED) is 0.344. The summed E-state index contributed by atoms with van der Waals surface area (Å²) in [4.78, 5) is 19.6. The van der Waals surface area contributed by atoms with Crippen LogP contribution in [0.1, 0.15) is 26.7 Å². The summed E-state index contributed by atoms with van der Waals surface area (Å²) < 4.78 is 0. The molecule has 0 bridgehead atoms. The molecule has 1 fully saturated rings. The van der Waals surface area contributed by atoms with Crippen molar-refractivity contribution in [2.75, 3.05) is 31.9 Å². The molecule has 1 aliphatic rings. The molecule has 2 rings (SSSR count). The van der Waals surface area contributed by atoms with Crippen LogP contribution in [-0.2, 0) is 4.79 Å². The molecular formula is C18H28N4OS. The van der Waals surface area contributed by atoms with Crippen LogP contribution >= 0.6 is 11.8 Å². The molecule has 0 saturated carbocycles. The summed E-state index contributed by atoms with van der Waals surface area (Å²) in [7, 11) is 0. The fourth-order valence-corrected chi connectivity index (χ4v) is 3.45. The Kier molecular flexibility index (Phi) is 7.95. The lowest BCUT2D eigenvalue weighted by Gasteiger charge is -2.18. The third-order valence-electron chi connectivity index (χ3n) is 3.90. The monoisotopic (exact) mass is 348 g/mol. The Labute approximate surface area is 149 Å². The predicted octanol–water partition coefficient (Wildman–Crippen LogP) is 2.34. The van der Waals surface area contributed by atoms with E-state index in [4.69, 9.17) is 0 Å². The number of nitrogens with one attached hydrogen (secondary N) is 2. The van der Waals surface area contributed by atoms with Crippen LogP contribution in [-0.4, -0.2) is 54.7 Å². The molecule has 2 N–H and O–H groups in total. The second kappa shape index (κ2) is 10.2. The number of carbonyl (C=O) groups excluding carboxylic acids is 1. The Morgan fingerprint density at radius 3 is 2.83 bits per heavy atom. The molecule has 132 valence electrons. The van der Waals surface area contributed by atoms with Crippen molar-refractivity contribution >= 4 is 23.6 Å². The average Bonchev–Trinajstić information content (AvgIpc) is 3.07. The highest BCUT2D eigenvalue weighted by Gasteiger charge is 2.25. The standard InChI is InChI=1S/C18H28N4OS/c1-3-17(23)22-12-10-15(14-22)21-18(19-4-2)20-11-13-24-16-8-6-5-7-9-16/h5-9,15H,3-4,10-14H2,1-2H3,(H2,19,20,21). The van der Waals surface area contributed by atoms with Gasteiger partial charge in [-0.15, -0.1) is 11.8 Å². The van der Waals surface area contributed by atoms with Crippen LogP contribution in [0, 0.1) is 0 Å². The van der Waals surface area contributed by atoms with Crippen LogP contribution in [0.3, 0.4) is 0 Å². The Balaban J connectivity index is 1.77. The molecule has 1 unspecified atom stereocenters. The van der Waals surface area contributed by atoms with Crippen molar-refractivity contribution in [1.82, 2.24) is 15.5 Å². The molecule has 1 amide bonds. The molecule has 5 nitrogen and oxygen atoms in total. The Morgan fingerprint density at radius 2 is 2.12 bits per heavy atom. The van der Waals surface area contributed by atoms with E-state index in [9.17, 15) is 4.79 Å². The van der Waals surface area contributed by atoms with Crippen LogP contribution in [0.2, 0.25) is 0 Å². The highest BCUT2D eigenvalue weighted by molar-refractivity contribution is 7.99. The van der Waals surface area contributed by atoms with Crippen LogP contribution in [0.25, 0.3) is 0 Å². The zero-order valence-corrected chi connectivity index (χ0v) is 15.4. The second-order valence-electron chi connectivity index (χ2n) is 5.75. The zero-order valence-electron chi connectivity index (χ0n) is 14.6. The minimum Gasteiger partial charge on any atom is -0.357 e. The number of nitrogens with zero attached hydrogens (tertiary/aromatic N) is 2. The fraction of sp³-hybridized carbons (Fsp3) is 0.556. The molecule has 24 heavy (non-hydrogen) atoms. The number of thioether (sulfide) groups is 1. The van der Waals surface area contributed by atoms with Gasteiger partial charge in [0.05, 0.1) is 6.54 Å². The summed E-state index contributed by atoms with van der Waals surface area (Å²) >= 11 is 1.81. The minimum atomic E-state index is 0.237. The lowest BCUT2D eigenvalue weighted by molar-refractivity contribution is -0.129. The zero-order chi connectivity index (χ0) is 17.2. The summed E-state index contributed by atoms with van der Waals surface area (Å²) in [5, 5.41) is 6.75. The van der Waals surface area contributed by atoms with E-state index in [1.54, 1.807) is 0 Å². The first-order chi connectivity index (χ1) is 11.7. The van der Waals surface area contributed by atoms with Crippen molar-refractivity contribution < 1.29 is 4.79 Å². The number of aliphatic imine (C=N–C) groups is 1. The Bertz CT molecular complexity index is 535. The van der Waals surface area contributed by atoms with Gasteiger partial charge in [0.25, 0.3) is 0 Å². The van der Waals surface area contributed by atoms with Gasteiger partial charge < -0.3 is 15.5 Å². The van der Waals surface area contributed by atoms with E-state index in [0.717, 1.165) is 44.3 Å². The summed E-state index contributed by atoms with van der Waals surface area (Å²) in [5.74, 6) is 2.04. The van der Waals surface area contributed by atoms with Gasteiger partial charge in [0.1, 0.15) is 0 Å². The lowest BCUT2D eigenvalue weighted by Crippen LogP contribution is -2.45. The molecule has 1 atom stereocenters. The van der Waals surface area contributed by atoms with E-state index in [0.29, 0.717) is 12.5 Å². The van der Waals surface area contributed by atoms with Crippen molar-refractivity contribution in [3.63, 3.8) is 0 Å².